The summed E-state index contributed by atoms with van der Waals surface area (Å²) in [5.41, 5.74) is 2.65. The zero-order valence-electron chi connectivity index (χ0n) is 11.5. The van der Waals surface area contributed by atoms with Gasteiger partial charge in [-0.3, -0.25) is 0 Å². The van der Waals surface area contributed by atoms with Crippen LogP contribution in [0.15, 0.2) is 22.8 Å². The number of hydrogen-bond acceptors (Lipinski definition) is 2. The van der Waals surface area contributed by atoms with Crippen molar-refractivity contribution < 1.29 is 4.39 Å². The van der Waals surface area contributed by atoms with Gasteiger partial charge in [0.1, 0.15) is 5.82 Å². The number of nitrogens with one attached hydrogen (secondary N) is 1. The van der Waals surface area contributed by atoms with Crippen LogP contribution >= 0.6 is 15.9 Å². The molecule has 0 aliphatic carbocycles. The van der Waals surface area contributed by atoms with Gasteiger partial charge in [0.15, 0.2) is 0 Å². The zero-order chi connectivity index (χ0) is 14.2. The summed E-state index contributed by atoms with van der Waals surface area (Å²) in [5, 5.41) is 3.27. The Bertz CT molecular complexity index is 605. The Labute approximate surface area is 121 Å². The smallest absolute Gasteiger partial charge is 0.207 e. The molecule has 1 N–H and O–H groups in total. The normalized spacial score (nSPS) is 11.1. The van der Waals surface area contributed by atoms with Crippen molar-refractivity contribution in [3.63, 3.8) is 0 Å². The van der Waals surface area contributed by atoms with Crippen LogP contribution in [0.25, 0.3) is 0 Å². The van der Waals surface area contributed by atoms with E-state index in [9.17, 15) is 4.39 Å². The second-order valence-electron chi connectivity index (χ2n) is 4.91. The molecule has 0 saturated carbocycles. The summed E-state index contributed by atoms with van der Waals surface area (Å²) in [6.45, 7) is 8.02. The number of halogens is 2. The third kappa shape index (κ3) is 2.97. The molecular weight excluding hydrogens is 309 g/mol. The van der Waals surface area contributed by atoms with Crippen LogP contribution in [0.3, 0.4) is 0 Å². The summed E-state index contributed by atoms with van der Waals surface area (Å²) in [4.78, 5) is 4.46. The molecule has 0 aliphatic rings. The number of aryl methyl sites for hydroxylation is 2. The van der Waals surface area contributed by atoms with E-state index >= 15 is 0 Å². The monoisotopic (exact) mass is 325 g/mol. The van der Waals surface area contributed by atoms with Crippen molar-refractivity contribution in [3.8, 4) is 0 Å². The zero-order valence-corrected chi connectivity index (χ0v) is 13.0. The quantitative estimate of drug-likeness (QED) is 0.884. The van der Waals surface area contributed by atoms with Gasteiger partial charge in [-0.2, -0.15) is 0 Å². The Morgan fingerprint density at radius 3 is 2.63 bits per heavy atom. The van der Waals surface area contributed by atoms with E-state index in [0.717, 1.165) is 22.9 Å². The van der Waals surface area contributed by atoms with E-state index in [1.807, 2.05) is 20.0 Å². The van der Waals surface area contributed by atoms with Gasteiger partial charge >= 0.3 is 0 Å². The van der Waals surface area contributed by atoms with Crippen molar-refractivity contribution in [1.29, 1.82) is 0 Å². The average molecular weight is 326 g/mol. The van der Waals surface area contributed by atoms with E-state index < -0.39 is 0 Å². The predicted octanol–water partition coefficient (Wildman–Crippen LogP) is 4.73. The van der Waals surface area contributed by atoms with Gasteiger partial charge in [-0.25, -0.2) is 9.37 Å². The second-order valence-corrected chi connectivity index (χ2v) is 5.77. The summed E-state index contributed by atoms with van der Waals surface area (Å²) < 4.78 is 15.9. The molecule has 19 heavy (non-hydrogen) atoms. The van der Waals surface area contributed by atoms with Crippen LogP contribution in [0.1, 0.15) is 31.1 Å². The Morgan fingerprint density at radius 2 is 2.00 bits per heavy atom. The van der Waals surface area contributed by atoms with Crippen molar-refractivity contribution in [3.05, 3.63) is 39.9 Å². The van der Waals surface area contributed by atoms with Crippen LogP contribution in [-0.2, 0) is 0 Å². The second kappa shape index (κ2) is 5.33. The van der Waals surface area contributed by atoms with E-state index in [-0.39, 0.29) is 5.82 Å². The number of rotatable bonds is 3. The first-order valence-electron chi connectivity index (χ1n) is 6.16. The van der Waals surface area contributed by atoms with Crippen molar-refractivity contribution in [2.75, 3.05) is 5.32 Å². The molecule has 0 bridgehead atoms. The third-order valence-corrected chi connectivity index (χ3v) is 3.53. The first-order valence-corrected chi connectivity index (χ1v) is 6.96. The minimum absolute atomic E-state index is 0.258. The SMILES string of the molecule is Cc1cn(C(C)C)c(Nc2cc(Br)c(F)cc2C)n1. The fourth-order valence-electron chi connectivity index (χ4n) is 1.90. The van der Waals surface area contributed by atoms with Crippen LogP contribution in [0, 0.1) is 19.7 Å². The highest BCUT2D eigenvalue weighted by Crippen LogP contribution is 2.27. The largest absolute Gasteiger partial charge is 0.325 e. The standard InChI is InChI=1S/C14H17BrFN3/c1-8(2)19-7-10(4)17-14(19)18-13-6-11(15)12(16)5-9(13)3/h5-8H,1-4H3,(H,17,18). The van der Waals surface area contributed by atoms with Crippen molar-refractivity contribution >= 4 is 27.6 Å². The van der Waals surface area contributed by atoms with Crippen LogP contribution in [0.5, 0.6) is 0 Å². The van der Waals surface area contributed by atoms with Gasteiger partial charge in [-0.15, -0.1) is 0 Å². The van der Waals surface area contributed by atoms with E-state index in [1.165, 1.54) is 6.07 Å². The number of benzene rings is 1. The number of hydrogen-bond donors (Lipinski definition) is 1. The number of nitrogens with zero attached hydrogens (tertiary/aromatic N) is 2. The van der Waals surface area contributed by atoms with E-state index in [4.69, 9.17) is 0 Å². The number of anilines is 2. The summed E-state index contributed by atoms with van der Waals surface area (Å²) in [6.07, 6.45) is 2.00. The molecule has 1 aromatic heterocycles. The lowest BCUT2D eigenvalue weighted by Gasteiger charge is -2.14. The molecule has 2 rings (SSSR count). The molecular formula is C14H17BrFN3. The summed E-state index contributed by atoms with van der Waals surface area (Å²) in [5.74, 6) is 0.514. The maximum Gasteiger partial charge on any atom is 0.207 e. The van der Waals surface area contributed by atoms with Crippen molar-refractivity contribution in [2.24, 2.45) is 0 Å². The maximum atomic E-state index is 13.4. The van der Waals surface area contributed by atoms with Gasteiger partial charge in [-0.05, 0) is 61.3 Å². The Balaban J connectivity index is 2.39. The van der Waals surface area contributed by atoms with Crippen molar-refractivity contribution in [2.45, 2.75) is 33.7 Å². The lowest BCUT2D eigenvalue weighted by molar-refractivity contribution is 0.607. The predicted molar refractivity (Wildman–Crippen MR) is 79.5 cm³/mol. The highest BCUT2D eigenvalue weighted by Gasteiger charge is 2.11. The molecule has 3 nitrogen and oxygen atoms in total. The van der Waals surface area contributed by atoms with Gasteiger partial charge in [-0.1, -0.05) is 0 Å². The first-order chi connectivity index (χ1) is 8.88. The van der Waals surface area contributed by atoms with Crippen LogP contribution < -0.4 is 5.32 Å². The molecule has 0 saturated heterocycles. The van der Waals surface area contributed by atoms with Gasteiger partial charge < -0.3 is 9.88 Å². The van der Waals surface area contributed by atoms with Crippen LogP contribution in [-0.4, -0.2) is 9.55 Å². The van der Waals surface area contributed by atoms with Gasteiger partial charge in [0.25, 0.3) is 0 Å². The number of imidazole rings is 1. The molecule has 1 heterocycles. The highest BCUT2D eigenvalue weighted by atomic mass is 79.9. The highest BCUT2D eigenvalue weighted by molar-refractivity contribution is 9.10. The molecule has 102 valence electrons. The fourth-order valence-corrected chi connectivity index (χ4v) is 2.25. The maximum absolute atomic E-state index is 13.4. The fraction of sp³-hybridized carbons (Fsp3) is 0.357. The molecule has 0 amide bonds. The van der Waals surface area contributed by atoms with E-state index in [0.29, 0.717) is 10.5 Å². The Morgan fingerprint density at radius 1 is 1.32 bits per heavy atom. The average Bonchev–Trinajstić information content (AvgIpc) is 2.67. The molecule has 0 atom stereocenters. The van der Waals surface area contributed by atoms with Crippen molar-refractivity contribution in [1.82, 2.24) is 9.55 Å². The molecule has 5 heteroatoms. The first kappa shape index (κ1) is 14.1. The van der Waals surface area contributed by atoms with Gasteiger partial charge in [0.05, 0.1) is 10.2 Å². The van der Waals surface area contributed by atoms with Crippen LogP contribution in [0.2, 0.25) is 0 Å². The molecule has 2 aromatic rings. The molecule has 0 aliphatic heterocycles. The summed E-state index contributed by atoms with van der Waals surface area (Å²) in [6, 6.07) is 3.55. The summed E-state index contributed by atoms with van der Waals surface area (Å²) in [7, 11) is 0. The minimum Gasteiger partial charge on any atom is -0.325 e. The molecule has 0 fully saturated rings. The lowest BCUT2D eigenvalue weighted by atomic mass is 10.2. The number of aromatic nitrogens is 2. The van der Waals surface area contributed by atoms with E-state index in [1.54, 1.807) is 6.07 Å². The van der Waals surface area contributed by atoms with Gasteiger partial charge in [0.2, 0.25) is 5.95 Å². The Hall–Kier alpha value is -1.36. The third-order valence-electron chi connectivity index (χ3n) is 2.92. The topological polar surface area (TPSA) is 29.9 Å². The van der Waals surface area contributed by atoms with E-state index in [2.05, 4.69) is 44.6 Å². The minimum atomic E-state index is -0.258. The van der Waals surface area contributed by atoms with Crippen LogP contribution in [0.4, 0.5) is 16.0 Å². The molecule has 0 spiro atoms. The lowest BCUT2D eigenvalue weighted by Crippen LogP contribution is -2.06. The molecule has 1 aromatic carbocycles. The Kier molecular flexibility index (Phi) is 3.94. The molecule has 0 radical (unpaired) electrons. The van der Waals surface area contributed by atoms with Gasteiger partial charge in [0, 0.05) is 17.9 Å². The molecule has 0 unspecified atom stereocenters. The summed E-state index contributed by atoms with van der Waals surface area (Å²) >= 11 is 3.20.